The van der Waals surface area contributed by atoms with E-state index >= 15 is 0 Å². The number of carbonyl (C=O) groups excluding carboxylic acids is 1. The predicted octanol–water partition coefficient (Wildman–Crippen LogP) is 7.43. The number of hydrogen-bond donors (Lipinski definition) is 0. The lowest BCUT2D eigenvalue weighted by Gasteiger charge is -2.21. The minimum Gasteiger partial charge on any atom is -0.496 e. The smallest absolute Gasteiger partial charge is 0.264 e. The summed E-state index contributed by atoms with van der Waals surface area (Å²) in [6.07, 6.45) is 0. The molecule has 4 nitrogen and oxygen atoms in total. The van der Waals surface area contributed by atoms with E-state index < -0.39 is 0 Å². The number of carbonyl (C=O) groups is 1. The third-order valence-electron chi connectivity index (χ3n) is 6.02. The highest BCUT2D eigenvalue weighted by molar-refractivity contribution is 7.22. The number of nitrogens with zero attached hydrogens (tertiary/aromatic N) is 2. The highest BCUT2D eigenvalue weighted by Gasteiger charge is 2.25. The molecule has 0 atom stereocenters. The number of fused-ring (bicyclic) bond motifs is 2. The van der Waals surface area contributed by atoms with E-state index in [1.165, 1.54) is 5.56 Å². The standard InChI is InChI=1S/C29H26N2O2S/c1-19(2)23-14-9-15-26-27(23)30-29(34-26)31(18-20-10-5-4-6-11-20)28(32)24-16-21-12-7-8-13-22(21)17-25(24)33-3/h4-17,19H,18H2,1-3H3. The molecule has 170 valence electrons. The molecular weight excluding hydrogens is 440 g/mol. The molecule has 0 spiro atoms. The molecule has 0 aliphatic rings. The average molecular weight is 467 g/mol. The van der Waals surface area contributed by atoms with Crippen molar-refractivity contribution >= 4 is 43.4 Å². The Morgan fingerprint density at radius 1 is 0.941 bits per heavy atom. The first-order valence-electron chi connectivity index (χ1n) is 11.4. The van der Waals surface area contributed by atoms with Gasteiger partial charge in [0.2, 0.25) is 0 Å². The largest absolute Gasteiger partial charge is 0.496 e. The van der Waals surface area contributed by atoms with E-state index in [2.05, 4.69) is 32.0 Å². The van der Waals surface area contributed by atoms with Gasteiger partial charge in [0.25, 0.3) is 5.91 Å². The Kier molecular flexibility index (Phi) is 6.03. The first kappa shape index (κ1) is 22.1. The predicted molar refractivity (Wildman–Crippen MR) is 141 cm³/mol. The summed E-state index contributed by atoms with van der Waals surface area (Å²) in [5.41, 5.74) is 3.73. The Labute approximate surface area is 203 Å². The van der Waals surface area contributed by atoms with Crippen molar-refractivity contribution < 1.29 is 9.53 Å². The summed E-state index contributed by atoms with van der Waals surface area (Å²) in [5, 5.41) is 2.72. The molecule has 0 fully saturated rings. The van der Waals surface area contributed by atoms with Crippen molar-refractivity contribution in [3.05, 3.63) is 102 Å². The summed E-state index contributed by atoms with van der Waals surface area (Å²) < 4.78 is 6.74. The van der Waals surface area contributed by atoms with E-state index in [9.17, 15) is 4.79 Å². The van der Waals surface area contributed by atoms with E-state index in [4.69, 9.17) is 9.72 Å². The number of ether oxygens (including phenoxy) is 1. The molecule has 0 aliphatic heterocycles. The zero-order valence-electron chi connectivity index (χ0n) is 19.5. The normalized spacial score (nSPS) is 11.3. The fraction of sp³-hybridized carbons (Fsp3) is 0.172. The lowest BCUT2D eigenvalue weighted by molar-refractivity contribution is 0.0982. The van der Waals surface area contributed by atoms with Crippen molar-refractivity contribution in [2.75, 3.05) is 12.0 Å². The van der Waals surface area contributed by atoms with E-state index in [0.717, 1.165) is 26.6 Å². The van der Waals surface area contributed by atoms with E-state index in [0.29, 0.717) is 28.9 Å². The summed E-state index contributed by atoms with van der Waals surface area (Å²) in [4.78, 5) is 20.8. The molecule has 1 heterocycles. The molecule has 5 rings (SSSR count). The molecule has 0 saturated heterocycles. The monoisotopic (exact) mass is 466 g/mol. The summed E-state index contributed by atoms with van der Waals surface area (Å²) >= 11 is 1.55. The van der Waals surface area contributed by atoms with E-state index in [1.807, 2.05) is 66.7 Å². The van der Waals surface area contributed by atoms with Gasteiger partial charge < -0.3 is 4.74 Å². The number of para-hydroxylation sites is 1. The quantitative estimate of drug-likeness (QED) is 0.261. The van der Waals surface area contributed by atoms with Gasteiger partial charge in [-0.1, -0.05) is 91.9 Å². The number of amides is 1. The van der Waals surface area contributed by atoms with Crippen molar-refractivity contribution in [3.63, 3.8) is 0 Å². The highest BCUT2D eigenvalue weighted by atomic mass is 32.1. The Morgan fingerprint density at radius 2 is 1.65 bits per heavy atom. The number of anilines is 1. The first-order chi connectivity index (χ1) is 16.5. The number of thiazole rings is 1. The lowest BCUT2D eigenvalue weighted by atomic mass is 10.0. The van der Waals surface area contributed by atoms with Gasteiger partial charge in [0.1, 0.15) is 5.75 Å². The third-order valence-corrected chi connectivity index (χ3v) is 7.06. The molecule has 0 saturated carbocycles. The molecule has 5 aromatic rings. The second kappa shape index (κ2) is 9.27. The SMILES string of the molecule is COc1cc2ccccc2cc1C(=O)N(Cc1ccccc1)c1nc2c(C(C)C)cccc2s1. The molecule has 34 heavy (non-hydrogen) atoms. The van der Waals surface area contributed by atoms with Crippen LogP contribution in [0, 0.1) is 0 Å². The second-order valence-corrected chi connectivity index (χ2v) is 9.63. The van der Waals surface area contributed by atoms with Gasteiger partial charge in [-0.2, -0.15) is 0 Å². The van der Waals surface area contributed by atoms with Crippen LogP contribution in [0.25, 0.3) is 21.0 Å². The Bertz CT molecular complexity index is 1470. The van der Waals surface area contributed by atoms with E-state index in [-0.39, 0.29) is 5.91 Å². The lowest BCUT2D eigenvalue weighted by Crippen LogP contribution is -2.30. The van der Waals surface area contributed by atoms with Crippen LogP contribution in [-0.2, 0) is 6.54 Å². The fourth-order valence-corrected chi connectivity index (χ4v) is 5.23. The van der Waals surface area contributed by atoms with Gasteiger partial charge in [0, 0.05) is 0 Å². The van der Waals surface area contributed by atoms with Crippen LogP contribution in [0.15, 0.2) is 84.9 Å². The summed E-state index contributed by atoms with van der Waals surface area (Å²) in [6, 6.07) is 28.1. The van der Waals surface area contributed by atoms with Crippen molar-refractivity contribution in [2.45, 2.75) is 26.3 Å². The third kappa shape index (κ3) is 4.15. The van der Waals surface area contributed by atoms with Gasteiger partial charge in [-0.05, 0) is 46.0 Å². The molecule has 0 N–H and O–H groups in total. The average Bonchev–Trinajstić information content (AvgIpc) is 3.30. The molecule has 5 heteroatoms. The Hall–Kier alpha value is -3.70. The maximum atomic E-state index is 14.1. The highest BCUT2D eigenvalue weighted by Crippen LogP contribution is 2.36. The van der Waals surface area contributed by atoms with Crippen molar-refractivity contribution in [3.8, 4) is 5.75 Å². The second-order valence-electron chi connectivity index (χ2n) is 8.62. The van der Waals surface area contributed by atoms with Gasteiger partial charge >= 0.3 is 0 Å². The van der Waals surface area contributed by atoms with Gasteiger partial charge in [-0.3, -0.25) is 9.69 Å². The van der Waals surface area contributed by atoms with Gasteiger partial charge in [0.05, 0.1) is 29.4 Å². The van der Waals surface area contributed by atoms with Crippen LogP contribution < -0.4 is 9.64 Å². The summed E-state index contributed by atoms with van der Waals surface area (Å²) in [5.74, 6) is 0.778. The molecule has 4 aromatic carbocycles. The minimum absolute atomic E-state index is 0.128. The van der Waals surface area contributed by atoms with Crippen molar-refractivity contribution in [2.24, 2.45) is 0 Å². The number of benzene rings is 4. The zero-order chi connectivity index (χ0) is 23.7. The van der Waals surface area contributed by atoms with Crippen LogP contribution in [-0.4, -0.2) is 18.0 Å². The topological polar surface area (TPSA) is 42.4 Å². The maximum Gasteiger partial charge on any atom is 0.264 e. The van der Waals surface area contributed by atoms with Crippen LogP contribution in [0.1, 0.15) is 41.3 Å². The molecular formula is C29H26N2O2S. The van der Waals surface area contributed by atoms with E-state index in [1.54, 1.807) is 23.3 Å². The van der Waals surface area contributed by atoms with Crippen LogP contribution >= 0.6 is 11.3 Å². The number of aromatic nitrogens is 1. The van der Waals surface area contributed by atoms with Gasteiger partial charge in [0.15, 0.2) is 5.13 Å². The van der Waals surface area contributed by atoms with Crippen LogP contribution in [0.5, 0.6) is 5.75 Å². The molecule has 0 aliphatic carbocycles. The molecule has 1 aromatic heterocycles. The van der Waals surface area contributed by atoms with Crippen LogP contribution in [0.3, 0.4) is 0 Å². The van der Waals surface area contributed by atoms with Crippen LogP contribution in [0.2, 0.25) is 0 Å². The molecule has 0 radical (unpaired) electrons. The first-order valence-corrected chi connectivity index (χ1v) is 12.2. The molecule has 0 unspecified atom stereocenters. The summed E-state index contributed by atoms with van der Waals surface area (Å²) in [7, 11) is 1.61. The molecule has 1 amide bonds. The number of rotatable bonds is 6. The molecule has 0 bridgehead atoms. The Balaban J connectivity index is 1.65. The Morgan fingerprint density at radius 3 is 2.35 bits per heavy atom. The van der Waals surface area contributed by atoms with Crippen LogP contribution in [0.4, 0.5) is 5.13 Å². The van der Waals surface area contributed by atoms with Crippen molar-refractivity contribution in [1.29, 1.82) is 0 Å². The zero-order valence-corrected chi connectivity index (χ0v) is 20.3. The van der Waals surface area contributed by atoms with Gasteiger partial charge in [-0.15, -0.1) is 0 Å². The number of hydrogen-bond acceptors (Lipinski definition) is 4. The summed E-state index contributed by atoms with van der Waals surface area (Å²) in [6.45, 7) is 4.76. The minimum atomic E-state index is -0.128. The fourth-order valence-electron chi connectivity index (χ4n) is 4.23. The van der Waals surface area contributed by atoms with Crippen molar-refractivity contribution in [1.82, 2.24) is 4.98 Å². The number of methoxy groups -OCH3 is 1. The van der Waals surface area contributed by atoms with Gasteiger partial charge in [-0.25, -0.2) is 4.98 Å². The maximum absolute atomic E-state index is 14.1.